The molecular formula is C15H15ClN4. The Balaban J connectivity index is 2.17. The molecule has 3 N–H and O–H groups in total. The van der Waals surface area contributed by atoms with Crippen LogP contribution in [0.2, 0.25) is 5.02 Å². The smallest absolute Gasteiger partial charge is 0.0930 e. The van der Waals surface area contributed by atoms with E-state index in [-0.39, 0.29) is 6.04 Å². The number of benzene rings is 2. The molecule has 20 heavy (non-hydrogen) atoms. The van der Waals surface area contributed by atoms with Crippen LogP contribution in [0.15, 0.2) is 48.5 Å². The number of rotatable bonds is 3. The molecule has 0 bridgehead atoms. The van der Waals surface area contributed by atoms with Gasteiger partial charge in [-0.2, -0.15) is 5.10 Å². The highest BCUT2D eigenvalue weighted by Gasteiger charge is 2.19. The van der Waals surface area contributed by atoms with Crippen molar-refractivity contribution in [3.63, 3.8) is 0 Å². The van der Waals surface area contributed by atoms with Crippen molar-refractivity contribution in [1.82, 2.24) is 15.2 Å². The summed E-state index contributed by atoms with van der Waals surface area (Å²) >= 11 is 6.06. The summed E-state index contributed by atoms with van der Waals surface area (Å²) in [7, 11) is 1.93. The molecule has 1 unspecified atom stereocenters. The van der Waals surface area contributed by atoms with E-state index < -0.39 is 0 Å². The number of nitrogens with two attached hydrogens (primary N) is 1. The van der Waals surface area contributed by atoms with Crippen LogP contribution in [-0.4, -0.2) is 9.78 Å². The zero-order chi connectivity index (χ0) is 14.1. The topological polar surface area (TPSA) is 55.9 Å². The first-order valence-corrected chi connectivity index (χ1v) is 6.71. The molecule has 1 atom stereocenters. The molecular weight excluding hydrogens is 272 g/mol. The number of hydrogen-bond donors (Lipinski definition) is 2. The van der Waals surface area contributed by atoms with E-state index in [1.807, 2.05) is 60.3 Å². The molecule has 0 aliphatic rings. The maximum Gasteiger partial charge on any atom is 0.0930 e. The fourth-order valence-electron chi connectivity index (χ4n) is 2.47. The monoisotopic (exact) mass is 286 g/mol. The molecule has 0 aliphatic carbocycles. The summed E-state index contributed by atoms with van der Waals surface area (Å²) in [4.78, 5) is 0. The van der Waals surface area contributed by atoms with Crippen molar-refractivity contribution in [2.45, 2.75) is 6.04 Å². The molecule has 0 spiro atoms. The van der Waals surface area contributed by atoms with E-state index in [1.165, 1.54) is 0 Å². The number of nitrogens with zero attached hydrogens (tertiary/aromatic N) is 2. The van der Waals surface area contributed by atoms with Crippen LogP contribution in [-0.2, 0) is 7.05 Å². The van der Waals surface area contributed by atoms with E-state index in [9.17, 15) is 0 Å². The second-order valence-electron chi connectivity index (χ2n) is 4.68. The first-order chi connectivity index (χ1) is 9.70. The Bertz CT molecular complexity index is 750. The van der Waals surface area contributed by atoms with Crippen molar-refractivity contribution in [3.05, 3.63) is 64.8 Å². The number of hydrazine groups is 1. The fourth-order valence-corrected chi connectivity index (χ4v) is 2.67. The Hall–Kier alpha value is -1.88. The van der Waals surface area contributed by atoms with Gasteiger partial charge in [0.05, 0.1) is 17.3 Å². The number of nitrogens with one attached hydrogen (secondary N) is 1. The van der Waals surface area contributed by atoms with Gasteiger partial charge in [-0.1, -0.05) is 41.9 Å². The number of halogens is 1. The lowest BCUT2D eigenvalue weighted by Crippen LogP contribution is -2.29. The number of para-hydroxylation sites is 1. The second kappa shape index (κ2) is 5.25. The van der Waals surface area contributed by atoms with E-state index >= 15 is 0 Å². The third-order valence-corrected chi connectivity index (χ3v) is 3.64. The highest BCUT2D eigenvalue weighted by molar-refractivity contribution is 6.30. The van der Waals surface area contributed by atoms with E-state index in [2.05, 4.69) is 10.5 Å². The Morgan fingerprint density at radius 3 is 2.75 bits per heavy atom. The predicted molar refractivity (Wildman–Crippen MR) is 81.3 cm³/mol. The largest absolute Gasteiger partial charge is 0.271 e. The summed E-state index contributed by atoms with van der Waals surface area (Å²) < 4.78 is 1.86. The first-order valence-electron chi connectivity index (χ1n) is 6.34. The molecule has 5 heteroatoms. The summed E-state index contributed by atoms with van der Waals surface area (Å²) in [5.41, 5.74) is 5.79. The minimum absolute atomic E-state index is 0.195. The summed E-state index contributed by atoms with van der Waals surface area (Å²) in [6, 6.07) is 15.5. The summed E-state index contributed by atoms with van der Waals surface area (Å²) in [5.74, 6) is 5.74. The highest BCUT2D eigenvalue weighted by atomic mass is 35.5. The molecule has 4 nitrogen and oxygen atoms in total. The number of fused-ring (bicyclic) bond motifs is 1. The normalized spacial score (nSPS) is 12.8. The number of hydrogen-bond acceptors (Lipinski definition) is 3. The van der Waals surface area contributed by atoms with E-state index in [0.29, 0.717) is 5.02 Å². The zero-order valence-electron chi connectivity index (χ0n) is 11.0. The summed E-state index contributed by atoms with van der Waals surface area (Å²) in [6.07, 6.45) is 0. The molecule has 1 aromatic heterocycles. The molecule has 0 saturated heterocycles. The zero-order valence-corrected chi connectivity index (χ0v) is 11.8. The highest BCUT2D eigenvalue weighted by Crippen LogP contribution is 2.28. The van der Waals surface area contributed by atoms with Crippen LogP contribution in [0, 0.1) is 0 Å². The SMILES string of the molecule is Cn1nc(C(NN)c2cccc(Cl)c2)c2ccccc21. The van der Waals surface area contributed by atoms with Crippen LogP contribution in [0.1, 0.15) is 17.3 Å². The van der Waals surface area contributed by atoms with Crippen LogP contribution in [0.5, 0.6) is 0 Å². The van der Waals surface area contributed by atoms with Gasteiger partial charge in [0.25, 0.3) is 0 Å². The maximum absolute atomic E-state index is 6.06. The molecule has 0 saturated carbocycles. The lowest BCUT2D eigenvalue weighted by atomic mass is 10.0. The minimum atomic E-state index is -0.195. The van der Waals surface area contributed by atoms with Crippen LogP contribution in [0.3, 0.4) is 0 Å². The van der Waals surface area contributed by atoms with Gasteiger partial charge in [-0.15, -0.1) is 0 Å². The second-order valence-corrected chi connectivity index (χ2v) is 5.12. The van der Waals surface area contributed by atoms with Crippen molar-refractivity contribution in [2.24, 2.45) is 12.9 Å². The minimum Gasteiger partial charge on any atom is -0.271 e. The number of aryl methyl sites for hydroxylation is 1. The van der Waals surface area contributed by atoms with Gasteiger partial charge >= 0.3 is 0 Å². The van der Waals surface area contributed by atoms with Gasteiger partial charge in [-0.05, 0) is 23.8 Å². The van der Waals surface area contributed by atoms with Gasteiger partial charge in [0.1, 0.15) is 0 Å². The standard InChI is InChI=1S/C15H15ClN4/c1-20-13-8-3-2-7-12(13)15(19-20)14(18-17)10-5-4-6-11(16)9-10/h2-9,14,18H,17H2,1H3. The molecule has 0 aliphatic heterocycles. The maximum atomic E-state index is 6.06. The van der Waals surface area contributed by atoms with E-state index in [4.69, 9.17) is 17.4 Å². The third-order valence-electron chi connectivity index (χ3n) is 3.41. The van der Waals surface area contributed by atoms with E-state index in [1.54, 1.807) is 0 Å². The van der Waals surface area contributed by atoms with Crippen molar-refractivity contribution in [2.75, 3.05) is 0 Å². The van der Waals surface area contributed by atoms with Gasteiger partial charge in [0, 0.05) is 17.5 Å². The van der Waals surface area contributed by atoms with Crippen LogP contribution < -0.4 is 11.3 Å². The van der Waals surface area contributed by atoms with Crippen LogP contribution in [0.25, 0.3) is 10.9 Å². The quantitative estimate of drug-likeness (QED) is 0.575. The molecule has 3 aromatic rings. The Morgan fingerprint density at radius 2 is 2.00 bits per heavy atom. The molecule has 0 radical (unpaired) electrons. The van der Waals surface area contributed by atoms with Gasteiger partial charge in [0.2, 0.25) is 0 Å². The lowest BCUT2D eigenvalue weighted by molar-refractivity contribution is 0.608. The molecule has 2 aromatic carbocycles. The summed E-state index contributed by atoms with van der Waals surface area (Å²) in [5, 5.41) is 6.36. The molecule has 0 fully saturated rings. The molecule has 3 rings (SSSR count). The van der Waals surface area contributed by atoms with Gasteiger partial charge in [-0.3, -0.25) is 10.5 Å². The molecule has 1 heterocycles. The van der Waals surface area contributed by atoms with Crippen molar-refractivity contribution in [1.29, 1.82) is 0 Å². The van der Waals surface area contributed by atoms with E-state index in [0.717, 1.165) is 22.2 Å². The lowest BCUT2D eigenvalue weighted by Gasteiger charge is -2.14. The Kier molecular flexibility index (Phi) is 3.44. The van der Waals surface area contributed by atoms with Gasteiger partial charge in [-0.25, -0.2) is 5.43 Å². The Morgan fingerprint density at radius 1 is 1.20 bits per heavy atom. The summed E-state index contributed by atoms with van der Waals surface area (Å²) in [6.45, 7) is 0. The Labute approximate surface area is 122 Å². The average molecular weight is 287 g/mol. The van der Waals surface area contributed by atoms with Crippen LogP contribution >= 0.6 is 11.6 Å². The first kappa shape index (κ1) is 13.1. The van der Waals surface area contributed by atoms with Crippen molar-refractivity contribution < 1.29 is 0 Å². The number of aromatic nitrogens is 2. The predicted octanol–water partition coefficient (Wildman–Crippen LogP) is 2.78. The fraction of sp³-hybridized carbons (Fsp3) is 0.133. The van der Waals surface area contributed by atoms with Crippen molar-refractivity contribution in [3.8, 4) is 0 Å². The average Bonchev–Trinajstić information content (AvgIpc) is 2.78. The molecule has 0 amide bonds. The van der Waals surface area contributed by atoms with Crippen molar-refractivity contribution >= 4 is 22.5 Å². The third kappa shape index (κ3) is 2.18. The molecule has 102 valence electrons. The van der Waals surface area contributed by atoms with Gasteiger partial charge < -0.3 is 0 Å². The van der Waals surface area contributed by atoms with Gasteiger partial charge in [0.15, 0.2) is 0 Å². The van der Waals surface area contributed by atoms with Crippen LogP contribution in [0.4, 0.5) is 0 Å².